The molecule has 1 saturated heterocycles. The monoisotopic (exact) mass is 268 g/mol. The number of ketones is 1. The minimum atomic E-state index is -0.163. The third-order valence-corrected chi connectivity index (χ3v) is 3.05. The summed E-state index contributed by atoms with van der Waals surface area (Å²) in [7, 11) is 0. The van der Waals surface area contributed by atoms with Crippen molar-refractivity contribution in [1.29, 1.82) is 0 Å². The SMILES string of the molecule is O=C(Cc1cccc(Br)c1)C1CCCO1. The first kappa shape index (κ1) is 10.8. The molecule has 2 nitrogen and oxygen atoms in total. The first-order chi connectivity index (χ1) is 7.25. The van der Waals surface area contributed by atoms with E-state index >= 15 is 0 Å². The van der Waals surface area contributed by atoms with Crippen LogP contribution in [0.15, 0.2) is 28.7 Å². The van der Waals surface area contributed by atoms with Gasteiger partial charge in [0.25, 0.3) is 0 Å². The maximum absolute atomic E-state index is 11.8. The van der Waals surface area contributed by atoms with E-state index in [1.54, 1.807) is 0 Å². The molecule has 1 fully saturated rings. The molecule has 0 saturated carbocycles. The third-order valence-electron chi connectivity index (χ3n) is 2.56. The maximum atomic E-state index is 11.8. The van der Waals surface area contributed by atoms with Gasteiger partial charge < -0.3 is 4.74 Å². The highest BCUT2D eigenvalue weighted by Gasteiger charge is 2.23. The lowest BCUT2D eigenvalue weighted by Gasteiger charge is -2.07. The van der Waals surface area contributed by atoms with E-state index in [4.69, 9.17) is 4.74 Å². The first-order valence-electron chi connectivity index (χ1n) is 5.14. The molecule has 0 aromatic heterocycles. The van der Waals surface area contributed by atoms with Gasteiger partial charge in [0.1, 0.15) is 6.10 Å². The number of carbonyl (C=O) groups is 1. The molecule has 1 unspecified atom stereocenters. The summed E-state index contributed by atoms with van der Waals surface area (Å²) in [6.45, 7) is 0.731. The highest BCUT2D eigenvalue weighted by Crippen LogP contribution is 2.17. The van der Waals surface area contributed by atoms with Crippen LogP contribution in [0, 0.1) is 0 Å². The van der Waals surface area contributed by atoms with Crippen LogP contribution in [-0.2, 0) is 16.0 Å². The van der Waals surface area contributed by atoms with Crippen molar-refractivity contribution < 1.29 is 9.53 Å². The van der Waals surface area contributed by atoms with Crippen molar-refractivity contribution in [2.45, 2.75) is 25.4 Å². The number of ether oxygens (including phenoxy) is 1. The summed E-state index contributed by atoms with van der Waals surface area (Å²) in [6.07, 6.45) is 2.20. The molecule has 15 heavy (non-hydrogen) atoms. The van der Waals surface area contributed by atoms with E-state index in [9.17, 15) is 4.79 Å². The second-order valence-corrected chi connectivity index (χ2v) is 4.69. The van der Waals surface area contributed by atoms with Gasteiger partial charge in [-0.25, -0.2) is 0 Å². The topological polar surface area (TPSA) is 26.3 Å². The molecule has 0 spiro atoms. The number of Topliss-reactive ketones (excluding diaryl/α,β-unsaturated/α-hetero) is 1. The summed E-state index contributed by atoms with van der Waals surface area (Å²) in [4.78, 5) is 11.8. The van der Waals surface area contributed by atoms with E-state index in [2.05, 4.69) is 15.9 Å². The maximum Gasteiger partial charge on any atom is 0.165 e. The summed E-state index contributed by atoms with van der Waals surface area (Å²) >= 11 is 3.39. The Morgan fingerprint density at radius 3 is 3.07 bits per heavy atom. The van der Waals surface area contributed by atoms with Crippen molar-refractivity contribution in [3.05, 3.63) is 34.3 Å². The van der Waals surface area contributed by atoms with Crippen LogP contribution < -0.4 is 0 Å². The molecule has 1 aromatic rings. The van der Waals surface area contributed by atoms with Crippen LogP contribution in [0.1, 0.15) is 18.4 Å². The molecule has 2 rings (SSSR count). The van der Waals surface area contributed by atoms with Gasteiger partial charge in [-0.05, 0) is 30.5 Å². The molecule has 1 heterocycles. The lowest BCUT2D eigenvalue weighted by molar-refractivity contribution is -0.127. The lowest BCUT2D eigenvalue weighted by atomic mass is 10.0. The van der Waals surface area contributed by atoms with Crippen LogP contribution in [0.3, 0.4) is 0 Å². The van der Waals surface area contributed by atoms with Gasteiger partial charge in [-0.15, -0.1) is 0 Å². The molecule has 3 heteroatoms. The Bertz CT molecular complexity index is 356. The van der Waals surface area contributed by atoms with Gasteiger partial charge in [-0.1, -0.05) is 28.1 Å². The van der Waals surface area contributed by atoms with E-state index in [1.165, 1.54) is 0 Å². The zero-order chi connectivity index (χ0) is 10.7. The van der Waals surface area contributed by atoms with Crippen molar-refractivity contribution in [2.24, 2.45) is 0 Å². The van der Waals surface area contributed by atoms with Crippen LogP contribution in [0.25, 0.3) is 0 Å². The number of rotatable bonds is 3. The molecule has 1 aliphatic rings. The smallest absolute Gasteiger partial charge is 0.165 e. The van der Waals surface area contributed by atoms with Crippen LogP contribution in [0.4, 0.5) is 0 Å². The van der Waals surface area contributed by atoms with E-state index in [0.29, 0.717) is 6.42 Å². The lowest BCUT2D eigenvalue weighted by Crippen LogP contribution is -2.21. The van der Waals surface area contributed by atoms with Crippen LogP contribution in [0.5, 0.6) is 0 Å². The molecular formula is C12H13BrO2. The van der Waals surface area contributed by atoms with Gasteiger partial charge in [0.2, 0.25) is 0 Å². The van der Waals surface area contributed by atoms with E-state index < -0.39 is 0 Å². The predicted octanol–water partition coefficient (Wildman–Crippen LogP) is 2.74. The molecule has 80 valence electrons. The molecule has 0 radical (unpaired) electrons. The quantitative estimate of drug-likeness (QED) is 0.843. The van der Waals surface area contributed by atoms with Crippen LogP contribution >= 0.6 is 15.9 Å². The second-order valence-electron chi connectivity index (χ2n) is 3.77. The fraction of sp³-hybridized carbons (Fsp3) is 0.417. The summed E-state index contributed by atoms with van der Waals surface area (Å²) in [5.74, 6) is 0.200. The molecule has 1 aromatic carbocycles. The standard InChI is InChI=1S/C12H13BrO2/c13-10-4-1-3-9(7-10)8-11(14)12-5-2-6-15-12/h1,3-4,7,12H,2,5-6,8H2. The third kappa shape index (κ3) is 2.89. The van der Waals surface area contributed by atoms with Crippen molar-refractivity contribution in [3.8, 4) is 0 Å². The van der Waals surface area contributed by atoms with Crippen molar-refractivity contribution in [1.82, 2.24) is 0 Å². The average molecular weight is 269 g/mol. The Labute approximate surface area is 97.8 Å². The van der Waals surface area contributed by atoms with E-state index in [0.717, 1.165) is 29.5 Å². The Kier molecular flexibility index (Phi) is 3.54. The molecule has 0 N–H and O–H groups in total. The van der Waals surface area contributed by atoms with Gasteiger partial charge in [0, 0.05) is 17.5 Å². The first-order valence-corrected chi connectivity index (χ1v) is 5.94. The fourth-order valence-electron chi connectivity index (χ4n) is 1.79. The molecule has 0 aliphatic carbocycles. The van der Waals surface area contributed by atoms with Crippen molar-refractivity contribution in [3.63, 3.8) is 0 Å². The normalized spacial score (nSPS) is 20.5. The molecular weight excluding hydrogens is 256 g/mol. The molecule has 0 bridgehead atoms. The Morgan fingerprint density at radius 1 is 1.53 bits per heavy atom. The Hall–Kier alpha value is -0.670. The molecule has 1 atom stereocenters. The minimum absolute atomic E-state index is 0.163. The summed E-state index contributed by atoms with van der Waals surface area (Å²) in [6, 6.07) is 7.85. The molecule has 0 amide bonds. The van der Waals surface area contributed by atoms with Gasteiger partial charge >= 0.3 is 0 Å². The molecule has 1 aliphatic heterocycles. The average Bonchev–Trinajstić information content (AvgIpc) is 2.70. The van der Waals surface area contributed by atoms with E-state index in [1.807, 2.05) is 24.3 Å². The van der Waals surface area contributed by atoms with Crippen LogP contribution in [0.2, 0.25) is 0 Å². The van der Waals surface area contributed by atoms with Crippen molar-refractivity contribution in [2.75, 3.05) is 6.61 Å². The van der Waals surface area contributed by atoms with Crippen molar-refractivity contribution >= 4 is 21.7 Å². The number of carbonyl (C=O) groups excluding carboxylic acids is 1. The van der Waals surface area contributed by atoms with Gasteiger partial charge in [-0.3, -0.25) is 4.79 Å². The highest BCUT2D eigenvalue weighted by molar-refractivity contribution is 9.10. The largest absolute Gasteiger partial charge is 0.370 e. The Morgan fingerprint density at radius 2 is 2.40 bits per heavy atom. The number of benzene rings is 1. The second kappa shape index (κ2) is 4.90. The zero-order valence-corrected chi connectivity index (χ0v) is 10.00. The van der Waals surface area contributed by atoms with Gasteiger partial charge in [0.15, 0.2) is 5.78 Å². The van der Waals surface area contributed by atoms with E-state index in [-0.39, 0.29) is 11.9 Å². The Balaban J connectivity index is 1.99. The van der Waals surface area contributed by atoms with Gasteiger partial charge in [-0.2, -0.15) is 0 Å². The minimum Gasteiger partial charge on any atom is -0.370 e. The summed E-state index contributed by atoms with van der Waals surface area (Å²) in [5, 5.41) is 0. The predicted molar refractivity (Wildman–Crippen MR) is 61.8 cm³/mol. The summed E-state index contributed by atoms with van der Waals surface area (Å²) < 4.78 is 6.37. The highest BCUT2D eigenvalue weighted by atomic mass is 79.9. The van der Waals surface area contributed by atoms with Gasteiger partial charge in [0.05, 0.1) is 0 Å². The summed E-state index contributed by atoms with van der Waals surface area (Å²) in [5.41, 5.74) is 1.05. The number of halogens is 1. The van der Waals surface area contributed by atoms with Crippen LogP contribution in [-0.4, -0.2) is 18.5 Å². The zero-order valence-electron chi connectivity index (χ0n) is 8.41. The number of hydrogen-bond donors (Lipinski definition) is 0. The fourth-order valence-corrected chi connectivity index (χ4v) is 2.24. The number of hydrogen-bond acceptors (Lipinski definition) is 2.